The second-order valence-corrected chi connectivity index (χ2v) is 5.57. The van der Waals surface area contributed by atoms with E-state index in [9.17, 15) is 9.50 Å². The molecule has 1 fully saturated rings. The number of anilines is 1. The van der Waals surface area contributed by atoms with Crippen LogP contribution >= 0.6 is 0 Å². The third kappa shape index (κ3) is 2.92. The number of pyridine rings is 1. The molecule has 0 bridgehead atoms. The van der Waals surface area contributed by atoms with Crippen LogP contribution in [0.3, 0.4) is 0 Å². The summed E-state index contributed by atoms with van der Waals surface area (Å²) < 4.78 is 14.3. The van der Waals surface area contributed by atoms with Gasteiger partial charge in [-0.1, -0.05) is 13.0 Å². The number of hydrogen-bond acceptors (Lipinski definition) is 5. The summed E-state index contributed by atoms with van der Waals surface area (Å²) in [6.07, 6.45) is 3.81. The van der Waals surface area contributed by atoms with Gasteiger partial charge >= 0.3 is 0 Å². The first kappa shape index (κ1) is 14.8. The molecule has 0 aliphatic carbocycles. The zero-order valence-electron chi connectivity index (χ0n) is 12.5. The van der Waals surface area contributed by atoms with E-state index in [1.165, 1.54) is 6.33 Å². The lowest BCUT2D eigenvalue weighted by atomic mass is 10.00. The molecule has 116 valence electrons. The van der Waals surface area contributed by atoms with E-state index < -0.39 is 6.10 Å². The molecule has 2 aromatic rings. The molecule has 2 atom stereocenters. The lowest BCUT2D eigenvalue weighted by molar-refractivity contribution is 0.148. The van der Waals surface area contributed by atoms with Crippen LogP contribution in [-0.4, -0.2) is 39.3 Å². The third-order valence-electron chi connectivity index (χ3n) is 4.08. The van der Waals surface area contributed by atoms with Crippen molar-refractivity contribution in [2.75, 3.05) is 18.0 Å². The SMILES string of the molecule is CCc1ncnc(N2C[C@@H](Cc3ccccn3)[C@H](O)C2)c1F. The van der Waals surface area contributed by atoms with Gasteiger partial charge in [0.15, 0.2) is 11.6 Å². The van der Waals surface area contributed by atoms with Crippen molar-refractivity contribution in [3.63, 3.8) is 0 Å². The molecular formula is C16H19FN4O. The summed E-state index contributed by atoms with van der Waals surface area (Å²) in [5, 5.41) is 10.3. The first-order valence-corrected chi connectivity index (χ1v) is 7.51. The van der Waals surface area contributed by atoms with Crippen LogP contribution in [0.1, 0.15) is 18.3 Å². The summed E-state index contributed by atoms with van der Waals surface area (Å²) in [6.45, 7) is 2.81. The number of aliphatic hydroxyl groups is 1. The second-order valence-electron chi connectivity index (χ2n) is 5.57. The van der Waals surface area contributed by atoms with Gasteiger partial charge in [-0.05, 0) is 25.0 Å². The van der Waals surface area contributed by atoms with Crippen LogP contribution in [0.4, 0.5) is 10.2 Å². The third-order valence-corrected chi connectivity index (χ3v) is 4.08. The molecule has 22 heavy (non-hydrogen) atoms. The Morgan fingerprint density at radius 2 is 2.14 bits per heavy atom. The van der Waals surface area contributed by atoms with Crippen LogP contribution in [0.5, 0.6) is 0 Å². The molecule has 6 heteroatoms. The predicted molar refractivity (Wildman–Crippen MR) is 81.0 cm³/mol. The van der Waals surface area contributed by atoms with Crippen LogP contribution in [0.15, 0.2) is 30.7 Å². The van der Waals surface area contributed by atoms with Crippen molar-refractivity contribution < 1.29 is 9.50 Å². The molecule has 3 heterocycles. The fourth-order valence-electron chi connectivity index (χ4n) is 2.88. The Kier molecular flexibility index (Phi) is 4.29. The normalized spacial score (nSPS) is 21.3. The van der Waals surface area contributed by atoms with E-state index in [0.717, 1.165) is 5.69 Å². The average molecular weight is 302 g/mol. The van der Waals surface area contributed by atoms with Crippen molar-refractivity contribution in [3.05, 3.63) is 47.9 Å². The fraction of sp³-hybridized carbons (Fsp3) is 0.438. The lowest BCUT2D eigenvalue weighted by Gasteiger charge is -2.18. The maximum Gasteiger partial charge on any atom is 0.187 e. The molecule has 0 amide bonds. The number of aromatic nitrogens is 3. The van der Waals surface area contributed by atoms with Gasteiger partial charge in [0.1, 0.15) is 6.33 Å². The van der Waals surface area contributed by atoms with Gasteiger partial charge in [0.05, 0.1) is 11.8 Å². The highest BCUT2D eigenvalue weighted by Crippen LogP contribution is 2.27. The average Bonchev–Trinajstić information content (AvgIpc) is 2.89. The molecule has 1 aliphatic heterocycles. The lowest BCUT2D eigenvalue weighted by Crippen LogP contribution is -2.24. The molecule has 0 spiro atoms. The number of aryl methyl sites for hydroxylation is 1. The highest BCUT2D eigenvalue weighted by atomic mass is 19.1. The molecule has 3 rings (SSSR count). The van der Waals surface area contributed by atoms with Crippen molar-refractivity contribution in [3.8, 4) is 0 Å². The minimum Gasteiger partial charge on any atom is -0.391 e. The Bertz CT molecular complexity index is 637. The van der Waals surface area contributed by atoms with Crippen molar-refractivity contribution in [1.82, 2.24) is 15.0 Å². The Balaban J connectivity index is 1.76. The van der Waals surface area contributed by atoms with Crippen LogP contribution < -0.4 is 4.90 Å². The van der Waals surface area contributed by atoms with Gasteiger partial charge in [0.25, 0.3) is 0 Å². The minimum atomic E-state index is -0.513. The molecule has 0 saturated carbocycles. The molecule has 1 aliphatic rings. The highest BCUT2D eigenvalue weighted by molar-refractivity contribution is 5.43. The second kappa shape index (κ2) is 6.36. The number of nitrogens with zero attached hydrogens (tertiary/aromatic N) is 4. The summed E-state index contributed by atoms with van der Waals surface area (Å²) in [6, 6.07) is 5.73. The fourth-order valence-corrected chi connectivity index (χ4v) is 2.88. The van der Waals surface area contributed by atoms with E-state index in [1.54, 1.807) is 11.1 Å². The number of halogens is 1. The van der Waals surface area contributed by atoms with Crippen LogP contribution in [0, 0.1) is 11.7 Å². The summed E-state index contributed by atoms with van der Waals surface area (Å²) in [5.41, 5.74) is 1.35. The Morgan fingerprint density at radius 3 is 2.86 bits per heavy atom. The van der Waals surface area contributed by atoms with E-state index in [-0.39, 0.29) is 17.6 Å². The number of hydrogen-bond donors (Lipinski definition) is 1. The Morgan fingerprint density at radius 1 is 1.27 bits per heavy atom. The van der Waals surface area contributed by atoms with Crippen molar-refractivity contribution in [1.29, 1.82) is 0 Å². The largest absolute Gasteiger partial charge is 0.391 e. The van der Waals surface area contributed by atoms with Gasteiger partial charge < -0.3 is 10.0 Å². The van der Waals surface area contributed by atoms with E-state index >= 15 is 0 Å². The van der Waals surface area contributed by atoms with Crippen molar-refractivity contribution in [2.45, 2.75) is 25.9 Å². The molecule has 0 unspecified atom stereocenters. The van der Waals surface area contributed by atoms with Gasteiger partial charge in [-0.2, -0.15) is 0 Å². The molecular weight excluding hydrogens is 283 g/mol. The van der Waals surface area contributed by atoms with Crippen LogP contribution in [0.25, 0.3) is 0 Å². The summed E-state index contributed by atoms with van der Waals surface area (Å²) in [7, 11) is 0. The van der Waals surface area contributed by atoms with E-state index in [1.807, 2.05) is 25.1 Å². The first-order valence-electron chi connectivity index (χ1n) is 7.51. The van der Waals surface area contributed by atoms with Crippen molar-refractivity contribution in [2.24, 2.45) is 5.92 Å². The van der Waals surface area contributed by atoms with Crippen molar-refractivity contribution >= 4 is 5.82 Å². The zero-order chi connectivity index (χ0) is 15.5. The molecule has 1 N–H and O–H groups in total. The minimum absolute atomic E-state index is 0.0225. The number of rotatable bonds is 4. The van der Waals surface area contributed by atoms with Gasteiger partial charge in [-0.3, -0.25) is 4.98 Å². The summed E-state index contributed by atoms with van der Waals surface area (Å²) in [4.78, 5) is 14.1. The standard InChI is InChI=1S/C16H19FN4O/c1-2-13-15(17)16(20-10-19-13)21-8-11(14(22)9-21)7-12-5-3-4-6-18-12/h3-6,10-11,14,22H,2,7-9H2,1H3/t11-,14-/m1/s1. The van der Waals surface area contributed by atoms with Crippen LogP contribution in [0.2, 0.25) is 0 Å². The predicted octanol–water partition coefficient (Wildman–Crippen LogP) is 1.61. The van der Waals surface area contributed by atoms with E-state index in [4.69, 9.17) is 0 Å². The quantitative estimate of drug-likeness (QED) is 0.930. The molecule has 2 aromatic heterocycles. The zero-order valence-corrected chi connectivity index (χ0v) is 12.5. The Hall–Kier alpha value is -2.08. The Labute approximate surface area is 128 Å². The van der Waals surface area contributed by atoms with Gasteiger partial charge in [0, 0.05) is 30.9 Å². The summed E-state index contributed by atoms with van der Waals surface area (Å²) in [5.74, 6) is -0.0700. The van der Waals surface area contributed by atoms with Gasteiger partial charge in [-0.15, -0.1) is 0 Å². The van der Waals surface area contributed by atoms with Gasteiger partial charge in [0.2, 0.25) is 0 Å². The summed E-state index contributed by atoms with van der Waals surface area (Å²) >= 11 is 0. The molecule has 1 saturated heterocycles. The van der Waals surface area contributed by atoms with E-state index in [2.05, 4.69) is 15.0 Å². The molecule has 0 aromatic carbocycles. The molecule has 0 radical (unpaired) electrons. The maximum absolute atomic E-state index is 14.3. The highest BCUT2D eigenvalue weighted by Gasteiger charge is 2.34. The smallest absolute Gasteiger partial charge is 0.187 e. The molecule has 5 nitrogen and oxygen atoms in total. The number of β-amino-alcohol motifs (C(OH)–C–C–N with tert-alkyl or cyclic N) is 1. The first-order chi connectivity index (χ1) is 10.7. The van der Waals surface area contributed by atoms with E-state index in [0.29, 0.717) is 31.6 Å². The van der Waals surface area contributed by atoms with Gasteiger partial charge in [-0.25, -0.2) is 14.4 Å². The topological polar surface area (TPSA) is 62.1 Å². The number of aliphatic hydroxyl groups excluding tert-OH is 1. The maximum atomic E-state index is 14.3. The monoisotopic (exact) mass is 302 g/mol. The van der Waals surface area contributed by atoms with Crippen LogP contribution in [-0.2, 0) is 12.8 Å².